The smallest absolute Gasteiger partial charge is 0.205 e. The molecule has 1 atom stereocenters. The normalized spacial score (nSPS) is 15.2. The van der Waals surface area contributed by atoms with Gasteiger partial charge in [-0.1, -0.05) is 48.0 Å². The van der Waals surface area contributed by atoms with Crippen LogP contribution in [0.3, 0.4) is 0 Å². The zero-order chi connectivity index (χ0) is 20.4. The van der Waals surface area contributed by atoms with Crippen LogP contribution in [0, 0.1) is 18.3 Å². The summed E-state index contributed by atoms with van der Waals surface area (Å²) in [4.78, 5) is 0. The van der Waals surface area contributed by atoms with Gasteiger partial charge in [0.1, 0.15) is 35.5 Å². The van der Waals surface area contributed by atoms with Gasteiger partial charge in [0.2, 0.25) is 5.88 Å². The number of nitriles is 1. The minimum absolute atomic E-state index is 0.0513. The molecule has 1 heterocycles. The van der Waals surface area contributed by atoms with Crippen LogP contribution in [0.5, 0.6) is 17.2 Å². The SMILES string of the molecule is Cc1cccc(COc2ccc([C@H]3C(C#N)=C(N)Oc4cc(O)ccc43)cc2)c1. The largest absolute Gasteiger partial charge is 0.508 e. The summed E-state index contributed by atoms with van der Waals surface area (Å²) in [7, 11) is 0. The van der Waals surface area contributed by atoms with E-state index < -0.39 is 0 Å². The predicted octanol–water partition coefficient (Wildman–Crippen LogP) is 4.50. The van der Waals surface area contributed by atoms with Crippen LogP contribution in [0.1, 0.15) is 28.2 Å². The Hall–Kier alpha value is -3.91. The van der Waals surface area contributed by atoms with Crippen molar-refractivity contribution in [3.05, 3.63) is 100 Å². The molecule has 0 aromatic heterocycles. The summed E-state index contributed by atoms with van der Waals surface area (Å²) in [5, 5.41) is 19.4. The number of allylic oxidation sites excluding steroid dienone is 1. The summed E-state index contributed by atoms with van der Waals surface area (Å²) in [5.74, 6) is 0.955. The molecule has 0 fully saturated rings. The van der Waals surface area contributed by atoms with E-state index in [0.717, 1.165) is 22.4 Å². The lowest BCUT2D eigenvalue weighted by atomic mass is 9.83. The Balaban J connectivity index is 1.60. The third-order valence-electron chi connectivity index (χ3n) is 4.90. The van der Waals surface area contributed by atoms with E-state index >= 15 is 0 Å². The first-order valence-corrected chi connectivity index (χ1v) is 9.24. The zero-order valence-corrected chi connectivity index (χ0v) is 15.9. The number of aromatic hydroxyl groups is 1. The van der Waals surface area contributed by atoms with Crippen molar-refractivity contribution in [2.24, 2.45) is 5.73 Å². The highest BCUT2D eigenvalue weighted by Gasteiger charge is 2.30. The van der Waals surface area contributed by atoms with E-state index in [4.69, 9.17) is 15.2 Å². The number of ether oxygens (including phenoxy) is 2. The van der Waals surface area contributed by atoms with E-state index in [2.05, 4.69) is 25.1 Å². The molecular weight excluding hydrogens is 364 g/mol. The summed E-state index contributed by atoms with van der Waals surface area (Å²) < 4.78 is 11.4. The highest BCUT2D eigenvalue weighted by Crippen LogP contribution is 2.43. The van der Waals surface area contributed by atoms with Crippen molar-refractivity contribution in [3.63, 3.8) is 0 Å². The number of phenols is 1. The second-order valence-corrected chi connectivity index (χ2v) is 6.99. The van der Waals surface area contributed by atoms with Crippen LogP contribution in [0.2, 0.25) is 0 Å². The summed E-state index contributed by atoms with van der Waals surface area (Å²) in [6, 6.07) is 22.8. The van der Waals surface area contributed by atoms with Crippen LogP contribution >= 0.6 is 0 Å². The Morgan fingerprint density at radius 3 is 2.62 bits per heavy atom. The van der Waals surface area contributed by atoms with E-state index in [9.17, 15) is 10.4 Å². The summed E-state index contributed by atoms with van der Waals surface area (Å²) >= 11 is 0. The fourth-order valence-electron chi connectivity index (χ4n) is 3.51. The number of phenolic OH excluding ortho intramolecular Hbond substituents is 1. The Morgan fingerprint density at radius 2 is 1.90 bits per heavy atom. The molecule has 0 unspecified atom stereocenters. The molecule has 3 aromatic rings. The fraction of sp³-hybridized carbons (Fsp3) is 0.125. The number of hydrogen-bond acceptors (Lipinski definition) is 5. The molecule has 0 radical (unpaired) electrons. The number of benzene rings is 3. The van der Waals surface area contributed by atoms with Gasteiger partial charge in [0.15, 0.2) is 0 Å². The summed E-state index contributed by atoms with van der Waals surface area (Å²) in [6.07, 6.45) is 0. The monoisotopic (exact) mass is 384 g/mol. The molecule has 3 aromatic carbocycles. The molecule has 29 heavy (non-hydrogen) atoms. The molecule has 4 rings (SSSR count). The van der Waals surface area contributed by atoms with Gasteiger partial charge in [0, 0.05) is 11.6 Å². The Kier molecular flexibility index (Phi) is 4.84. The van der Waals surface area contributed by atoms with Crippen molar-refractivity contribution in [2.45, 2.75) is 19.4 Å². The van der Waals surface area contributed by atoms with Crippen LogP contribution in [0.15, 0.2) is 78.2 Å². The van der Waals surface area contributed by atoms with Crippen molar-refractivity contribution in [1.29, 1.82) is 5.26 Å². The van der Waals surface area contributed by atoms with Crippen molar-refractivity contribution < 1.29 is 14.6 Å². The Labute approximate surface area is 169 Å². The molecular formula is C24H20N2O3. The first-order valence-electron chi connectivity index (χ1n) is 9.24. The van der Waals surface area contributed by atoms with E-state index in [-0.39, 0.29) is 17.6 Å². The van der Waals surface area contributed by atoms with Gasteiger partial charge in [-0.3, -0.25) is 0 Å². The molecule has 0 spiro atoms. The van der Waals surface area contributed by atoms with Gasteiger partial charge >= 0.3 is 0 Å². The molecule has 5 heteroatoms. The second kappa shape index (κ2) is 7.61. The molecule has 0 bridgehead atoms. The summed E-state index contributed by atoms with van der Waals surface area (Å²) in [5.41, 5.74) is 10.3. The van der Waals surface area contributed by atoms with Crippen LogP contribution in [-0.2, 0) is 6.61 Å². The maximum atomic E-state index is 9.74. The van der Waals surface area contributed by atoms with E-state index in [1.54, 1.807) is 12.1 Å². The molecule has 1 aliphatic heterocycles. The molecule has 0 aliphatic carbocycles. The molecule has 0 saturated carbocycles. The third kappa shape index (κ3) is 3.74. The standard InChI is InChI=1S/C24H20N2O3/c1-15-3-2-4-16(11-15)14-28-19-8-5-17(6-9-19)23-20-10-7-18(27)12-22(20)29-24(26)21(23)13-25/h2-12,23,27H,14,26H2,1H3/t23-/m1/s1. The van der Waals surface area contributed by atoms with Crippen molar-refractivity contribution in [2.75, 3.05) is 0 Å². The number of nitrogens with two attached hydrogens (primary N) is 1. The van der Waals surface area contributed by atoms with Gasteiger partial charge < -0.3 is 20.3 Å². The molecule has 144 valence electrons. The van der Waals surface area contributed by atoms with Crippen molar-refractivity contribution >= 4 is 0 Å². The average molecular weight is 384 g/mol. The number of fused-ring (bicyclic) bond motifs is 1. The zero-order valence-electron chi connectivity index (χ0n) is 15.9. The lowest BCUT2D eigenvalue weighted by molar-refractivity contribution is 0.306. The summed E-state index contributed by atoms with van der Waals surface area (Å²) in [6.45, 7) is 2.53. The molecule has 0 saturated heterocycles. The van der Waals surface area contributed by atoms with Crippen LogP contribution < -0.4 is 15.2 Å². The van der Waals surface area contributed by atoms with Gasteiger partial charge in [-0.15, -0.1) is 0 Å². The highest BCUT2D eigenvalue weighted by molar-refractivity contribution is 5.57. The van der Waals surface area contributed by atoms with Crippen molar-refractivity contribution in [3.8, 4) is 23.3 Å². The number of aryl methyl sites for hydroxylation is 1. The predicted molar refractivity (Wildman–Crippen MR) is 109 cm³/mol. The minimum atomic E-state index is -0.366. The van der Waals surface area contributed by atoms with Gasteiger partial charge in [-0.2, -0.15) is 5.26 Å². The lowest BCUT2D eigenvalue weighted by Gasteiger charge is -2.26. The van der Waals surface area contributed by atoms with Crippen LogP contribution in [-0.4, -0.2) is 5.11 Å². The van der Waals surface area contributed by atoms with Gasteiger partial charge in [-0.05, 0) is 36.2 Å². The van der Waals surface area contributed by atoms with Crippen LogP contribution in [0.4, 0.5) is 0 Å². The molecule has 5 nitrogen and oxygen atoms in total. The maximum Gasteiger partial charge on any atom is 0.205 e. The number of nitrogens with zero attached hydrogens (tertiary/aromatic N) is 1. The first-order chi connectivity index (χ1) is 14.0. The minimum Gasteiger partial charge on any atom is -0.508 e. The van der Waals surface area contributed by atoms with Gasteiger partial charge in [0.25, 0.3) is 0 Å². The van der Waals surface area contributed by atoms with E-state index in [0.29, 0.717) is 17.9 Å². The number of rotatable bonds is 4. The molecule has 0 amide bonds. The fourth-order valence-corrected chi connectivity index (χ4v) is 3.51. The molecule has 1 aliphatic rings. The van der Waals surface area contributed by atoms with Gasteiger partial charge in [-0.25, -0.2) is 0 Å². The van der Waals surface area contributed by atoms with E-state index in [1.165, 1.54) is 11.6 Å². The second-order valence-electron chi connectivity index (χ2n) is 6.99. The third-order valence-corrected chi connectivity index (χ3v) is 4.90. The average Bonchev–Trinajstić information content (AvgIpc) is 2.71. The topological polar surface area (TPSA) is 88.5 Å². The van der Waals surface area contributed by atoms with E-state index in [1.807, 2.05) is 36.4 Å². The highest BCUT2D eigenvalue weighted by atomic mass is 16.5. The Morgan fingerprint density at radius 1 is 1.10 bits per heavy atom. The lowest BCUT2D eigenvalue weighted by Crippen LogP contribution is -2.20. The maximum absolute atomic E-state index is 9.74. The van der Waals surface area contributed by atoms with Gasteiger partial charge in [0.05, 0.1) is 5.92 Å². The van der Waals surface area contributed by atoms with Crippen LogP contribution in [0.25, 0.3) is 0 Å². The quantitative estimate of drug-likeness (QED) is 0.691. The molecule has 3 N–H and O–H groups in total. The Bertz CT molecular complexity index is 1130. The first kappa shape index (κ1) is 18.5. The number of hydrogen-bond donors (Lipinski definition) is 2. The van der Waals surface area contributed by atoms with Crippen molar-refractivity contribution in [1.82, 2.24) is 0 Å².